The fourth-order valence-corrected chi connectivity index (χ4v) is 2.16. The summed E-state index contributed by atoms with van der Waals surface area (Å²) < 4.78 is 2.15. The van der Waals surface area contributed by atoms with Gasteiger partial charge >= 0.3 is 0 Å². The van der Waals surface area contributed by atoms with E-state index >= 15 is 0 Å². The molecule has 4 nitrogen and oxygen atoms in total. The smallest absolute Gasteiger partial charge is 0.0725 e. The van der Waals surface area contributed by atoms with Crippen LogP contribution in [0.25, 0.3) is 0 Å². The first-order valence-corrected chi connectivity index (χ1v) is 6.01. The van der Waals surface area contributed by atoms with E-state index in [9.17, 15) is 0 Å². The number of rotatable bonds is 4. The van der Waals surface area contributed by atoms with Crippen molar-refractivity contribution >= 4 is 0 Å². The quantitative estimate of drug-likeness (QED) is 0.816. The van der Waals surface area contributed by atoms with Crippen molar-refractivity contribution in [3.05, 3.63) is 11.9 Å². The first-order valence-electron chi connectivity index (χ1n) is 6.01. The molecule has 0 spiro atoms. The van der Waals surface area contributed by atoms with Crippen LogP contribution in [-0.4, -0.2) is 28.1 Å². The molecule has 0 saturated carbocycles. The maximum absolute atomic E-state index is 4.23. The number of nitrogens with zero attached hydrogens (tertiary/aromatic N) is 3. The molecule has 15 heavy (non-hydrogen) atoms. The van der Waals surface area contributed by atoms with E-state index in [1.165, 1.54) is 31.4 Å². The summed E-state index contributed by atoms with van der Waals surface area (Å²) in [6, 6.07) is 0.570. The van der Waals surface area contributed by atoms with Crippen molar-refractivity contribution in [3.8, 4) is 0 Å². The van der Waals surface area contributed by atoms with Crippen molar-refractivity contribution in [2.75, 3.05) is 13.1 Å². The fourth-order valence-electron chi connectivity index (χ4n) is 2.16. The predicted octanol–water partition coefficient (Wildman–Crippen LogP) is 1.55. The van der Waals surface area contributed by atoms with Crippen LogP contribution in [0, 0.1) is 0 Å². The average Bonchev–Trinajstić information content (AvgIpc) is 2.75. The zero-order chi connectivity index (χ0) is 10.5. The Morgan fingerprint density at radius 2 is 2.27 bits per heavy atom. The molecule has 1 aliphatic heterocycles. The largest absolute Gasteiger partial charge is 0.317 e. The normalized spacial score (nSPS) is 18.2. The van der Waals surface area contributed by atoms with Crippen LogP contribution in [-0.2, 0) is 6.42 Å². The molecule has 84 valence electrons. The summed E-state index contributed by atoms with van der Waals surface area (Å²) in [5.74, 6) is 0. The third-order valence-corrected chi connectivity index (χ3v) is 3.09. The van der Waals surface area contributed by atoms with Gasteiger partial charge in [0.15, 0.2) is 0 Å². The SMILES string of the molecule is CCCCc1cnnn1C1CCNCC1. The molecule has 1 aliphatic rings. The van der Waals surface area contributed by atoms with Crippen LogP contribution in [0.15, 0.2) is 6.20 Å². The topological polar surface area (TPSA) is 42.7 Å². The van der Waals surface area contributed by atoms with Crippen molar-refractivity contribution in [1.29, 1.82) is 0 Å². The van der Waals surface area contributed by atoms with Crippen LogP contribution in [0.2, 0.25) is 0 Å². The Morgan fingerprint density at radius 3 is 3.00 bits per heavy atom. The molecule has 1 N–H and O–H groups in total. The predicted molar refractivity (Wildman–Crippen MR) is 59.8 cm³/mol. The highest BCUT2D eigenvalue weighted by molar-refractivity contribution is 4.96. The molecule has 1 aromatic heterocycles. The van der Waals surface area contributed by atoms with Gasteiger partial charge in [0.05, 0.1) is 17.9 Å². The maximum atomic E-state index is 4.23. The van der Waals surface area contributed by atoms with E-state index in [0.717, 1.165) is 19.5 Å². The molecule has 0 bridgehead atoms. The van der Waals surface area contributed by atoms with Gasteiger partial charge in [-0.05, 0) is 38.8 Å². The number of nitrogens with one attached hydrogen (secondary N) is 1. The van der Waals surface area contributed by atoms with Crippen LogP contribution in [0.3, 0.4) is 0 Å². The first-order chi connectivity index (χ1) is 7.42. The second-order valence-corrected chi connectivity index (χ2v) is 4.25. The van der Waals surface area contributed by atoms with Gasteiger partial charge in [0.2, 0.25) is 0 Å². The average molecular weight is 208 g/mol. The molecule has 1 saturated heterocycles. The van der Waals surface area contributed by atoms with Gasteiger partial charge in [0.1, 0.15) is 0 Å². The second kappa shape index (κ2) is 5.26. The molecule has 4 heteroatoms. The van der Waals surface area contributed by atoms with Crippen molar-refractivity contribution in [2.24, 2.45) is 0 Å². The minimum Gasteiger partial charge on any atom is -0.317 e. The molecule has 2 heterocycles. The van der Waals surface area contributed by atoms with Crippen LogP contribution in [0.4, 0.5) is 0 Å². The van der Waals surface area contributed by atoms with Crippen molar-refractivity contribution in [3.63, 3.8) is 0 Å². The van der Waals surface area contributed by atoms with E-state index < -0.39 is 0 Å². The Kier molecular flexibility index (Phi) is 3.72. The summed E-state index contributed by atoms with van der Waals surface area (Å²) in [7, 11) is 0. The lowest BCUT2D eigenvalue weighted by Gasteiger charge is -2.23. The van der Waals surface area contributed by atoms with Gasteiger partial charge in [0, 0.05) is 0 Å². The highest BCUT2D eigenvalue weighted by Gasteiger charge is 2.18. The minimum absolute atomic E-state index is 0.570. The van der Waals surface area contributed by atoms with E-state index in [-0.39, 0.29) is 0 Å². The molecule has 0 aromatic carbocycles. The van der Waals surface area contributed by atoms with Crippen LogP contribution in [0.1, 0.15) is 44.3 Å². The Hall–Kier alpha value is -0.900. The zero-order valence-corrected chi connectivity index (χ0v) is 9.45. The number of hydrogen-bond acceptors (Lipinski definition) is 3. The molecular formula is C11H20N4. The standard InChI is InChI=1S/C11H20N4/c1-2-3-4-11-9-13-14-15(11)10-5-7-12-8-6-10/h9-10,12H,2-8H2,1H3. The Bertz CT molecular complexity index is 289. The molecule has 0 amide bonds. The van der Waals surface area contributed by atoms with Gasteiger partial charge in [-0.15, -0.1) is 5.10 Å². The number of hydrogen-bond donors (Lipinski definition) is 1. The minimum atomic E-state index is 0.570. The number of aromatic nitrogens is 3. The molecule has 0 radical (unpaired) electrons. The lowest BCUT2D eigenvalue weighted by molar-refractivity contribution is 0.329. The van der Waals surface area contributed by atoms with Crippen molar-refractivity contribution in [2.45, 2.75) is 45.1 Å². The monoisotopic (exact) mass is 208 g/mol. The van der Waals surface area contributed by atoms with E-state index in [1.54, 1.807) is 0 Å². The van der Waals surface area contributed by atoms with Crippen molar-refractivity contribution in [1.82, 2.24) is 20.3 Å². The summed E-state index contributed by atoms with van der Waals surface area (Å²) in [5, 5.41) is 11.7. The van der Waals surface area contributed by atoms with Crippen molar-refractivity contribution < 1.29 is 0 Å². The Balaban J connectivity index is 2.02. The molecule has 0 atom stereocenters. The Morgan fingerprint density at radius 1 is 1.47 bits per heavy atom. The first kappa shape index (κ1) is 10.6. The summed E-state index contributed by atoms with van der Waals surface area (Å²) >= 11 is 0. The van der Waals surface area contributed by atoms with E-state index in [0.29, 0.717) is 6.04 Å². The molecule has 0 unspecified atom stereocenters. The fraction of sp³-hybridized carbons (Fsp3) is 0.818. The Labute approximate surface area is 91.1 Å². The zero-order valence-electron chi connectivity index (χ0n) is 9.45. The third kappa shape index (κ3) is 2.56. The van der Waals surface area contributed by atoms with Crippen LogP contribution < -0.4 is 5.32 Å². The van der Waals surface area contributed by atoms with Gasteiger partial charge < -0.3 is 5.32 Å². The van der Waals surface area contributed by atoms with E-state index in [1.807, 2.05) is 6.20 Å². The summed E-state index contributed by atoms with van der Waals surface area (Å²) in [4.78, 5) is 0. The molecular weight excluding hydrogens is 188 g/mol. The molecule has 1 fully saturated rings. The highest BCUT2D eigenvalue weighted by Crippen LogP contribution is 2.19. The van der Waals surface area contributed by atoms with Gasteiger partial charge in [-0.1, -0.05) is 18.6 Å². The maximum Gasteiger partial charge on any atom is 0.0725 e. The summed E-state index contributed by atoms with van der Waals surface area (Å²) in [6.45, 7) is 4.44. The lowest BCUT2D eigenvalue weighted by atomic mass is 10.1. The van der Waals surface area contributed by atoms with Gasteiger partial charge in [-0.3, -0.25) is 0 Å². The molecule has 2 rings (SSSR count). The van der Waals surface area contributed by atoms with Crippen LogP contribution in [0.5, 0.6) is 0 Å². The van der Waals surface area contributed by atoms with E-state index in [4.69, 9.17) is 0 Å². The number of aryl methyl sites for hydroxylation is 1. The van der Waals surface area contributed by atoms with Crippen LogP contribution >= 0.6 is 0 Å². The summed E-state index contributed by atoms with van der Waals surface area (Å²) in [5.41, 5.74) is 1.31. The molecule has 1 aromatic rings. The van der Waals surface area contributed by atoms with Gasteiger partial charge in [0.25, 0.3) is 0 Å². The number of piperidine rings is 1. The molecule has 0 aliphatic carbocycles. The second-order valence-electron chi connectivity index (χ2n) is 4.25. The van der Waals surface area contributed by atoms with Gasteiger partial charge in [-0.25, -0.2) is 4.68 Å². The lowest BCUT2D eigenvalue weighted by Crippen LogP contribution is -2.30. The number of unbranched alkanes of at least 4 members (excludes halogenated alkanes) is 1. The summed E-state index contributed by atoms with van der Waals surface area (Å²) in [6.07, 6.45) is 7.88. The van der Waals surface area contributed by atoms with E-state index in [2.05, 4.69) is 27.2 Å². The highest BCUT2D eigenvalue weighted by atomic mass is 15.4. The van der Waals surface area contributed by atoms with Gasteiger partial charge in [-0.2, -0.15) is 0 Å². The third-order valence-electron chi connectivity index (χ3n) is 3.09.